The summed E-state index contributed by atoms with van der Waals surface area (Å²) in [5, 5.41) is 0.443. The maximum Gasteiger partial charge on any atom is 0.245 e. The first-order valence-corrected chi connectivity index (χ1v) is 8.78. The average Bonchev–Trinajstić information content (AvgIpc) is 2.66. The highest BCUT2D eigenvalue weighted by Gasteiger charge is 2.29. The lowest BCUT2D eigenvalue weighted by atomic mass is 10.1. The fourth-order valence-corrected chi connectivity index (χ4v) is 4.42. The van der Waals surface area contributed by atoms with E-state index in [1.807, 2.05) is 0 Å². The molecule has 0 atom stereocenters. The number of nitrogen functional groups attached to an aromatic ring is 1. The van der Waals surface area contributed by atoms with Crippen LogP contribution in [0.1, 0.15) is 38.5 Å². The van der Waals surface area contributed by atoms with E-state index < -0.39 is 10.0 Å². The molecule has 112 valence electrons. The lowest BCUT2D eigenvalue weighted by Crippen LogP contribution is -2.37. The number of nitrogens with zero attached hydrogens (tertiary/aromatic N) is 1. The molecule has 0 aliphatic heterocycles. The van der Waals surface area contributed by atoms with Gasteiger partial charge in [-0.05, 0) is 31.0 Å². The third kappa shape index (κ3) is 3.27. The molecule has 6 heteroatoms. The van der Waals surface area contributed by atoms with Gasteiger partial charge >= 0.3 is 0 Å². The Labute approximate surface area is 126 Å². The molecule has 0 saturated heterocycles. The Kier molecular flexibility index (Phi) is 4.94. The van der Waals surface area contributed by atoms with Crippen LogP contribution in [0.25, 0.3) is 0 Å². The smallest absolute Gasteiger partial charge is 0.245 e. The van der Waals surface area contributed by atoms with E-state index in [9.17, 15) is 8.42 Å². The molecule has 0 heterocycles. The lowest BCUT2D eigenvalue weighted by molar-refractivity contribution is 0.336. The molecule has 2 N–H and O–H groups in total. The maximum absolute atomic E-state index is 12.7. The minimum absolute atomic E-state index is 0.0672. The third-order valence-corrected chi connectivity index (χ3v) is 6.19. The Hall–Kier alpha value is -0.780. The van der Waals surface area contributed by atoms with Crippen molar-refractivity contribution in [2.45, 2.75) is 49.5 Å². The monoisotopic (exact) mass is 316 g/mol. The van der Waals surface area contributed by atoms with Crippen molar-refractivity contribution >= 4 is 27.3 Å². The Morgan fingerprint density at radius 1 is 1.20 bits per heavy atom. The average molecular weight is 317 g/mol. The largest absolute Gasteiger partial charge is 0.398 e. The van der Waals surface area contributed by atoms with Gasteiger partial charge in [0.15, 0.2) is 0 Å². The van der Waals surface area contributed by atoms with Crippen LogP contribution in [0.5, 0.6) is 0 Å². The molecule has 1 aliphatic carbocycles. The summed E-state index contributed by atoms with van der Waals surface area (Å²) in [6.07, 6.45) is 6.38. The maximum atomic E-state index is 12.7. The fraction of sp³-hybridized carbons (Fsp3) is 0.571. The number of hydrogen-bond acceptors (Lipinski definition) is 3. The summed E-state index contributed by atoms with van der Waals surface area (Å²) < 4.78 is 26.8. The summed E-state index contributed by atoms with van der Waals surface area (Å²) in [7, 11) is -1.90. The van der Waals surface area contributed by atoms with Crippen LogP contribution in [-0.4, -0.2) is 25.8 Å². The Morgan fingerprint density at radius 3 is 2.35 bits per heavy atom. The van der Waals surface area contributed by atoms with Gasteiger partial charge in [0.1, 0.15) is 4.90 Å². The Bertz CT molecular complexity index is 567. The van der Waals surface area contributed by atoms with Gasteiger partial charge in [-0.15, -0.1) is 0 Å². The second kappa shape index (κ2) is 6.33. The standard InChI is InChI=1S/C14H21ClN2O2S/c1-17(12-6-4-2-3-5-7-12)20(18,19)14-9-8-11(15)10-13(14)16/h8-10,12H,2-7,16H2,1H3. The van der Waals surface area contributed by atoms with Gasteiger partial charge in [-0.25, -0.2) is 8.42 Å². The molecule has 2 rings (SSSR count). The van der Waals surface area contributed by atoms with Gasteiger partial charge in [0.25, 0.3) is 0 Å². The highest BCUT2D eigenvalue weighted by molar-refractivity contribution is 7.89. The van der Waals surface area contributed by atoms with Crippen LogP contribution in [0.15, 0.2) is 23.1 Å². The summed E-state index contributed by atoms with van der Waals surface area (Å²) in [4.78, 5) is 0.147. The van der Waals surface area contributed by atoms with Gasteiger partial charge in [0.05, 0.1) is 5.69 Å². The molecule has 0 unspecified atom stereocenters. The van der Waals surface area contributed by atoms with Crippen molar-refractivity contribution in [2.24, 2.45) is 0 Å². The minimum Gasteiger partial charge on any atom is -0.398 e. The van der Waals surface area contributed by atoms with Crippen molar-refractivity contribution < 1.29 is 8.42 Å². The van der Waals surface area contributed by atoms with Crippen molar-refractivity contribution in [2.75, 3.05) is 12.8 Å². The normalized spacial score (nSPS) is 18.1. The molecule has 0 bridgehead atoms. The van der Waals surface area contributed by atoms with Crippen molar-refractivity contribution in [1.29, 1.82) is 0 Å². The molecule has 1 fully saturated rings. The molecule has 0 radical (unpaired) electrons. The molecule has 20 heavy (non-hydrogen) atoms. The third-order valence-electron chi connectivity index (χ3n) is 3.97. The van der Waals surface area contributed by atoms with Crippen molar-refractivity contribution in [3.63, 3.8) is 0 Å². The number of benzene rings is 1. The summed E-state index contributed by atoms with van der Waals surface area (Å²) in [6.45, 7) is 0. The van der Waals surface area contributed by atoms with Crippen LogP contribution < -0.4 is 5.73 Å². The summed E-state index contributed by atoms with van der Waals surface area (Å²) in [5.41, 5.74) is 6.02. The number of sulfonamides is 1. The predicted molar refractivity (Wildman–Crippen MR) is 82.3 cm³/mol. The number of rotatable bonds is 3. The molecule has 1 aromatic carbocycles. The number of hydrogen-bond donors (Lipinski definition) is 1. The predicted octanol–water partition coefficient (Wildman–Crippen LogP) is 3.27. The van der Waals surface area contributed by atoms with Gasteiger partial charge in [0.2, 0.25) is 10.0 Å². The Balaban J connectivity index is 2.28. The van der Waals surface area contributed by atoms with E-state index in [4.69, 9.17) is 17.3 Å². The van der Waals surface area contributed by atoms with E-state index in [1.165, 1.54) is 29.3 Å². The van der Waals surface area contributed by atoms with Crippen molar-refractivity contribution in [3.05, 3.63) is 23.2 Å². The van der Waals surface area contributed by atoms with Crippen LogP contribution in [-0.2, 0) is 10.0 Å². The zero-order valence-corrected chi connectivity index (χ0v) is 13.3. The molecular weight excluding hydrogens is 296 g/mol. The topological polar surface area (TPSA) is 63.4 Å². The highest BCUT2D eigenvalue weighted by atomic mass is 35.5. The van der Waals surface area contributed by atoms with Gasteiger partial charge < -0.3 is 5.73 Å². The van der Waals surface area contributed by atoms with Crippen molar-refractivity contribution in [3.8, 4) is 0 Å². The zero-order valence-electron chi connectivity index (χ0n) is 11.7. The van der Waals surface area contributed by atoms with Gasteiger partial charge in [-0.3, -0.25) is 0 Å². The summed E-state index contributed by atoms with van der Waals surface area (Å²) in [5.74, 6) is 0. The quantitative estimate of drug-likeness (QED) is 0.687. The van der Waals surface area contributed by atoms with Crippen LogP contribution in [0, 0.1) is 0 Å². The first-order chi connectivity index (χ1) is 9.43. The minimum atomic E-state index is -3.55. The van der Waals surface area contributed by atoms with Crippen molar-refractivity contribution in [1.82, 2.24) is 4.31 Å². The van der Waals surface area contributed by atoms with E-state index in [0.29, 0.717) is 5.02 Å². The Morgan fingerprint density at radius 2 is 1.80 bits per heavy atom. The molecule has 0 spiro atoms. The summed E-state index contributed by atoms with van der Waals surface area (Å²) in [6, 6.07) is 4.60. The summed E-state index contributed by atoms with van der Waals surface area (Å²) >= 11 is 5.83. The van der Waals surface area contributed by atoms with E-state index in [2.05, 4.69) is 0 Å². The fourth-order valence-electron chi connectivity index (χ4n) is 2.73. The van der Waals surface area contributed by atoms with E-state index >= 15 is 0 Å². The highest BCUT2D eigenvalue weighted by Crippen LogP contribution is 2.29. The lowest BCUT2D eigenvalue weighted by Gasteiger charge is -2.27. The molecule has 1 saturated carbocycles. The zero-order chi connectivity index (χ0) is 14.8. The van der Waals surface area contributed by atoms with E-state index in [0.717, 1.165) is 25.7 Å². The molecule has 4 nitrogen and oxygen atoms in total. The molecule has 1 aliphatic rings. The first kappa shape index (κ1) is 15.6. The second-order valence-corrected chi connectivity index (χ2v) is 7.75. The molecule has 0 aromatic heterocycles. The molecular formula is C14H21ClN2O2S. The number of anilines is 1. The van der Waals surface area contributed by atoms with Crippen LogP contribution in [0.4, 0.5) is 5.69 Å². The molecule has 0 amide bonds. The molecule has 1 aromatic rings. The van der Waals surface area contributed by atoms with Crippen LogP contribution in [0.3, 0.4) is 0 Å². The number of halogens is 1. The number of nitrogens with two attached hydrogens (primary N) is 1. The van der Waals surface area contributed by atoms with Crippen LogP contribution >= 0.6 is 11.6 Å². The SMILES string of the molecule is CN(C1CCCCCC1)S(=O)(=O)c1ccc(Cl)cc1N. The second-order valence-electron chi connectivity index (χ2n) is 5.35. The van der Waals surface area contributed by atoms with Gasteiger partial charge in [-0.2, -0.15) is 4.31 Å². The van der Waals surface area contributed by atoms with Crippen LogP contribution in [0.2, 0.25) is 5.02 Å². The first-order valence-electron chi connectivity index (χ1n) is 6.96. The van der Waals surface area contributed by atoms with Gasteiger partial charge in [-0.1, -0.05) is 37.3 Å². The van der Waals surface area contributed by atoms with Gasteiger partial charge in [0, 0.05) is 18.1 Å². The van der Waals surface area contributed by atoms with E-state index in [1.54, 1.807) is 13.1 Å². The van der Waals surface area contributed by atoms with E-state index in [-0.39, 0.29) is 16.6 Å².